The number of nitro groups is 1. The third-order valence-corrected chi connectivity index (χ3v) is 3.94. The van der Waals surface area contributed by atoms with Gasteiger partial charge in [0.2, 0.25) is 5.75 Å². The van der Waals surface area contributed by atoms with E-state index in [1.165, 1.54) is 11.0 Å². The third-order valence-electron chi connectivity index (χ3n) is 3.94. The van der Waals surface area contributed by atoms with E-state index in [-0.39, 0.29) is 17.6 Å². The Morgan fingerprint density at radius 2 is 1.96 bits per heavy atom. The van der Waals surface area contributed by atoms with Gasteiger partial charge in [0.15, 0.2) is 5.75 Å². The first kappa shape index (κ1) is 22.6. The average Bonchev–Trinajstić information content (AvgIpc) is 2.67. The lowest BCUT2D eigenvalue weighted by molar-refractivity contribution is -0.385. The first-order chi connectivity index (χ1) is 13.3. The molecular formula is C19H23N3O6. The number of carbonyl (C=O) groups is 2. The van der Waals surface area contributed by atoms with Gasteiger partial charge in [0.1, 0.15) is 11.6 Å². The summed E-state index contributed by atoms with van der Waals surface area (Å²) < 4.78 is 5.04. The quantitative estimate of drug-likeness (QED) is 0.171. The Labute approximate surface area is 163 Å². The van der Waals surface area contributed by atoms with Gasteiger partial charge < -0.3 is 14.7 Å². The van der Waals surface area contributed by atoms with Crippen LogP contribution in [0, 0.1) is 21.4 Å². The van der Waals surface area contributed by atoms with E-state index in [0.29, 0.717) is 19.5 Å². The second-order valence-electron chi connectivity index (χ2n) is 5.87. The van der Waals surface area contributed by atoms with Crippen molar-refractivity contribution >= 4 is 23.6 Å². The van der Waals surface area contributed by atoms with E-state index in [2.05, 4.69) is 0 Å². The first-order valence-corrected chi connectivity index (χ1v) is 8.92. The number of likely N-dealkylation sites (N-methyl/N-ethyl adjacent to an activating group) is 1. The molecule has 0 aliphatic heterocycles. The molecule has 1 amide bonds. The summed E-state index contributed by atoms with van der Waals surface area (Å²) in [7, 11) is 0. The molecule has 9 heteroatoms. The maximum absolute atomic E-state index is 12.4. The zero-order chi connectivity index (χ0) is 21.3. The number of phenolic OH excluding ortho intramolecular Hbond substituents is 1. The van der Waals surface area contributed by atoms with Gasteiger partial charge in [-0.2, -0.15) is 5.26 Å². The number of esters is 1. The molecule has 0 atom stereocenters. The fourth-order valence-corrected chi connectivity index (χ4v) is 2.40. The highest BCUT2D eigenvalue weighted by molar-refractivity contribution is 6.01. The van der Waals surface area contributed by atoms with Crippen LogP contribution in [-0.2, 0) is 9.59 Å². The molecule has 9 nitrogen and oxygen atoms in total. The molecule has 1 aromatic rings. The highest BCUT2D eigenvalue weighted by Gasteiger charge is 2.23. The number of benzene rings is 1. The molecule has 0 unspecified atom stereocenters. The maximum Gasteiger partial charge on any atom is 0.315 e. The van der Waals surface area contributed by atoms with Crippen molar-refractivity contribution in [2.24, 2.45) is 0 Å². The standard InChI is InChI=1S/C19H23N3O6/c1-4-7-8-17(23)28-16-11-13(10-15(18(16)24)22(26)27)9-14(12-20)19(25)21(5-2)6-3/h9-11,24H,4-8H2,1-3H3/b14-9+. The van der Waals surface area contributed by atoms with E-state index in [0.717, 1.165) is 18.6 Å². The monoisotopic (exact) mass is 389 g/mol. The highest BCUT2D eigenvalue weighted by Crippen LogP contribution is 2.38. The van der Waals surface area contributed by atoms with Gasteiger partial charge in [-0.25, -0.2) is 0 Å². The molecule has 1 N–H and O–H groups in total. The molecule has 0 heterocycles. The lowest BCUT2D eigenvalue weighted by atomic mass is 10.1. The Balaban J connectivity index is 3.38. The highest BCUT2D eigenvalue weighted by atomic mass is 16.6. The molecule has 1 aromatic carbocycles. The summed E-state index contributed by atoms with van der Waals surface area (Å²) in [6, 6.07) is 3.97. The van der Waals surface area contributed by atoms with E-state index in [1.807, 2.05) is 6.92 Å². The summed E-state index contributed by atoms with van der Waals surface area (Å²) in [6.45, 7) is 6.19. The van der Waals surface area contributed by atoms with Gasteiger partial charge in [-0.05, 0) is 38.0 Å². The fraction of sp³-hybridized carbons (Fsp3) is 0.421. The summed E-state index contributed by atoms with van der Waals surface area (Å²) in [6.07, 6.45) is 2.57. The minimum atomic E-state index is -0.839. The van der Waals surface area contributed by atoms with Crippen molar-refractivity contribution < 1.29 is 24.4 Å². The van der Waals surface area contributed by atoms with Crippen molar-refractivity contribution in [3.8, 4) is 17.6 Å². The number of unbranched alkanes of at least 4 members (excludes halogenated alkanes) is 1. The Morgan fingerprint density at radius 3 is 2.46 bits per heavy atom. The number of hydrogen-bond donors (Lipinski definition) is 1. The summed E-state index contributed by atoms with van der Waals surface area (Å²) in [5, 5.41) is 30.6. The topological polar surface area (TPSA) is 134 Å². The molecule has 0 spiro atoms. The van der Waals surface area contributed by atoms with Gasteiger partial charge in [0.05, 0.1) is 4.92 Å². The predicted octanol–water partition coefficient (Wildman–Crippen LogP) is 3.17. The van der Waals surface area contributed by atoms with E-state index >= 15 is 0 Å². The Kier molecular flexibility index (Phi) is 8.62. The van der Waals surface area contributed by atoms with Crippen LogP contribution in [0.3, 0.4) is 0 Å². The van der Waals surface area contributed by atoms with Crippen LogP contribution in [0.2, 0.25) is 0 Å². The second-order valence-corrected chi connectivity index (χ2v) is 5.87. The molecular weight excluding hydrogens is 366 g/mol. The molecule has 0 fully saturated rings. The van der Waals surface area contributed by atoms with Crippen LogP contribution in [0.15, 0.2) is 17.7 Å². The number of rotatable bonds is 9. The number of amides is 1. The molecule has 0 aliphatic carbocycles. The van der Waals surface area contributed by atoms with Crippen LogP contribution < -0.4 is 4.74 Å². The van der Waals surface area contributed by atoms with Crippen molar-refractivity contribution in [3.63, 3.8) is 0 Å². The van der Waals surface area contributed by atoms with Crippen LogP contribution in [-0.4, -0.2) is 39.9 Å². The van der Waals surface area contributed by atoms with Crippen LogP contribution in [0.4, 0.5) is 5.69 Å². The lowest BCUT2D eigenvalue weighted by Gasteiger charge is -2.17. The molecule has 28 heavy (non-hydrogen) atoms. The normalized spacial score (nSPS) is 10.9. The lowest BCUT2D eigenvalue weighted by Crippen LogP contribution is -2.31. The Hall–Kier alpha value is -3.41. The number of phenols is 1. The maximum atomic E-state index is 12.4. The number of carbonyl (C=O) groups excluding carboxylic acids is 2. The van der Waals surface area contributed by atoms with Crippen molar-refractivity contribution in [1.82, 2.24) is 4.90 Å². The summed E-state index contributed by atoms with van der Waals surface area (Å²) in [5.41, 5.74) is -0.841. The molecule has 0 saturated heterocycles. The van der Waals surface area contributed by atoms with E-state index < -0.39 is 34.0 Å². The zero-order valence-electron chi connectivity index (χ0n) is 16.1. The van der Waals surface area contributed by atoms with Crippen molar-refractivity contribution in [2.75, 3.05) is 13.1 Å². The number of nitro benzene ring substituents is 1. The van der Waals surface area contributed by atoms with E-state index in [4.69, 9.17) is 4.74 Å². The molecule has 0 saturated carbocycles. The average molecular weight is 389 g/mol. The minimum absolute atomic E-state index is 0.0832. The molecule has 0 radical (unpaired) electrons. The zero-order valence-corrected chi connectivity index (χ0v) is 16.1. The minimum Gasteiger partial charge on any atom is -0.499 e. The van der Waals surface area contributed by atoms with Crippen molar-refractivity contribution in [1.29, 1.82) is 5.26 Å². The van der Waals surface area contributed by atoms with E-state index in [1.54, 1.807) is 19.9 Å². The van der Waals surface area contributed by atoms with Gasteiger partial charge in [0.25, 0.3) is 5.91 Å². The Bertz CT molecular complexity index is 822. The number of nitrogens with zero attached hydrogens (tertiary/aromatic N) is 3. The number of nitriles is 1. The van der Waals surface area contributed by atoms with Gasteiger partial charge >= 0.3 is 11.7 Å². The first-order valence-electron chi connectivity index (χ1n) is 8.92. The van der Waals surface area contributed by atoms with Gasteiger partial charge in [0, 0.05) is 25.6 Å². The van der Waals surface area contributed by atoms with Gasteiger partial charge in [-0.1, -0.05) is 13.3 Å². The molecule has 0 aliphatic rings. The Morgan fingerprint density at radius 1 is 1.32 bits per heavy atom. The number of ether oxygens (including phenoxy) is 1. The van der Waals surface area contributed by atoms with Crippen LogP contribution in [0.1, 0.15) is 45.6 Å². The van der Waals surface area contributed by atoms with Crippen molar-refractivity contribution in [3.05, 3.63) is 33.4 Å². The SMILES string of the molecule is CCCCC(=O)Oc1cc(/C=C(\C#N)C(=O)N(CC)CC)cc([N+](=O)[O-])c1O. The fourth-order valence-electron chi connectivity index (χ4n) is 2.40. The molecule has 0 bridgehead atoms. The van der Waals surface area contributed by atoms with Crippen LogP contribution >= 0.6 is 0 Å². The molecule has 1 rings (SSSR count). The van der Waals surface area contributed by atoms with E-state index in [9.17, 15) is 30.1 Å². The largest absolute Gasteiger partial charge is 0.499 e. The third kappa shape index (κ3) is 5.81. The summed E-state index contributed by atoms with van der Waals surface area (Å²) >= 11 is 0. The molecule has 150 valence electrons. The predicted molar refractivity (Wildman–Crippen MR) is 101 cm³/mol. The molecule has 0 aromatic heterocycles. The van der Waals surface area contributed by atoms with Gasteiger partial charge in [-0.3, -0.25) is 19.7 Å². The summed E-state index contributed by atoms with van der Waals surface area (Å²) in [4.78, 5) is 36.0. The van der Waals surface area contributed by atoms with Crippen LogP contribution in [0.5, 0.6) is 11.5 Å². The second kappa shape index (κ2) is 10.7. The van der Waals surface area contributed by atoms with Crippen molar-refractivity contribution in [2.45, 2.75) is 40.0 Å². The smallest absolute Gasteiger partial charge is 0.315 e. The van der Waals surface area contributed by atoms with Gasteiger partial charge in [-0.15, -0.1) is 0 Å². The number of aromatic hydroxyl groups is 1. The summed E-state index contributed by atoms with van der Waals surface area (Å²) in [5.74, 6) is -2.35. The number of hydrogen-bond acceptors (Lipinski definition) is 7. The van der Waals surface area contributed by atoms with Crippen LogP contribution in [0.25, 0.3) is 6.08 Å².